The number of aliphatic hydroxyl groups is 1. The van der Waals surface area contributed by atoms with Crippen LogP contribution >= 0.6 is 11.6 Å². The van der Waals surface area contributed by atoms with Gasteiger partial charge >= 0.3 is 6.18 Å². The van der Waals surface area contributed by atoms with Gasteiger partial charge in [0.25, 0.3) is 5.69 Å². The van der Waals surface area contributed by atoms with Gasteiger partial charge in [-0.05, 0) is 6.07 Å². The van der Waals surface area contributed by atoms with Crippen LogP contribution in [0.15, 0.2) is 12.1 Å². The summed E-state index contributed by atoms with van der Waals surface area (Å²) in [6.45, 7) is -2.71. The maximum absolute atomic E-state index is 13.2. The topological polar surface area (TPSA) is 66.6 Å². The van der Waals surface area contributed by atoms with Gasteiger partial charge in [-0.15, -0.1) is 0 Å². The predicted molar refractivity (Wildman–Crippen MR) is 63.4 cm³/mol. The molecule has 0 bridgehead atoms. The van der Waals surface area contributed by atoms with Gasteiger partial charge in [0.05, 0.1) is 22.6 Å². The molecule has 0 radical (unpaired) electrons. The summed E-state index contributed by atoms with van der Waals surface area (Å²) in [7, 11) is 0. The smallest absolute Gasteiger partial charge is 0.395 e. The van der Waals surface area contributed by atoms with E-state index < -0.39 is 53.0 Å². The van der Waals surface area contributed by atoms with Crippen molar-refractivity contribution in [3.05, 3.63) is 33.1 Å². The van der Waals surface area contributed by atoms with Crippen molar-refractivity contribution >= 4 is 23.0 Å². The fourth-order valence-corrected chi connectivity index (χ4v) is 1.71. The molecular formula is C10H9ClF4N2O3. The van der Waals surface area contributed by atoms with E-state index >= 15 is 0 Å². The molecule has 0 amide bonds. The first-order chi connectivity index (χ1) is 9.15. The van der Waals surface area contributed by atoms with Crippen molar-refractivity contribution in [2.24, 2.45) is 0 Å². The van der Waals surface area contributed by atoms with Gasteiger partial charge in [-0.3, -0.25) is 10.1 Å². The monoisotopic (exact) mass is 316 g/mol. The maximum atomic E-state index is 13.2. The van der Waals surface area contributed by atoms with E-state index in [2.05, 4.69) is 0 Å². The highest BCUT2D eigenvalue weighted by atomic mass is 35.5. The van der Waals surface area contributed by atoms with E-state index in [4.69, 9.17) is 16.7 Å². The lowest BCUT2D eigenvalue weighted by molar-refractivity contribution is -0.384. The van der Waals surface area contributed by atoms with Gasteiger partial charge in [-0.2, -0.15) is 13.2 Å². The summed E-state index contributed by atoms with van der Waals surface area (Å²) in [5.41, 5.74) is -1.36. The Morgan fingerprint density at radius 1 is 1.40 bits per heavy atom. The largest absolute Gasteiger partial charge is 0.405 e. The van der Waals surface area contributed by atoms with Crippen LogP contribution in [0.1, 0.15) is 0 Å². The predicted octanol–water partition coefficient (Wildman–Crippen LogP) is 2.75. The molecule has 0 unspecified atom stereocenters. The zero-order valence-electron chi connectivity index (χ0n) is 9.82. The van der Waals surface area contributed by atoms with Crippen LogP contribution in [0.25, 0.3) is 0 Å². The zero-order valence-corrected chi connectivity index (χ0v) is 10.6. The summed E-state index contributed by atoms with van der Waals surface area (Å²) < 4.78 is 50.5. The van der Waals surface area contributed by atoms with Crippen LogP contribution < -0.4 is 4.90 Å². The number of aliphatic hydroxyl groups excluding tert-OH is 1. The summed E-state index contributed by atoms with van der Waals surface area (Å²) >= 11 is 5.44. The van der Waals surface area contributed by atoms with Crippen LogP contribution in [0, 0.1) is 15.9 Å². The Labute approximate surface area is 115 Å². The number of hydrogen-bond donors (Lipinski definition) is 1. The van der Waals surface area contributed by atoms with Gasteiger partial charge in [0.15, 0.2) is 0 Å². The summed E-state index contributed by atoms with van der Waals surface area (Å²) in [5, 5.41) is 19.0. The first kappa shape index (κ1) is 16.4. The van der Waals surface area contributed by atoms with Crippen LogP contribution in [0.4, 0.5) is 28.9 Å². The Morgan fingerprint density at radius 2 is 2.00 bits per heavy atom. The molecular weight excluding hydrogens is 308 g/mol. The number of nitro benzene ring substituents is 1. The lowest BCUT2D eigenvalue weighted by Gasteiger charge is -2.25. The van der Waals surface area contributed by atoms with Gasteiger partial charge in [-0.25, -0.2) is 4.39 Å². The van der Waals surface area contributed by atoms with E-state index in [0.29, 0.717) is 11.0 Å². The molecule has 0 aromatic heterocycles. The van der Waals surface area contributed by atoms with Crippen LogP contribution in [0.2, 0.25) is 5.02 Å². The molecule has 0 saturated carbocycles. The van der Waals surface area contributed by atoms with E-state index in [1.807, 2.05) is 0 Å². The highest BCUT2D eigenvalue weighted by molar-refractivity contribution is 6.31. The van der Waals surface area contributed by atoms with Gasteiger partial charge in [0.2, 0.25) is 0 Å². The normalized spacial score (nSPS) is 11.5. The van der Waals surface area contributed by atoms with Crippen molar-refractivity contribution in [3.63, 3.8) is 0 Å². The maximum Gasteiger partial charge on any atom is 0.405 e. The van der Waals surface area contributed by atoms with Crippen molar-refractivity contribution in [2.45, 2.75) is 6.18 Å². The molecule has 1 aromatic carbocycles. The van der Waals surface area contributed by atoms with Gasteiger partial charge in [0, 0.05) is 6.54 Å². The molecule has 1 N–H and O–H groups in total. The fourth-order valence-electron chi connectivity index (χ4n) is 1.55. The lowest BCUT2D eigenvalue weighted by Crippen LogP contribution is -2.36. The lowest BCUT2D eigenvalue weighted by atomic mass is 10.2. The third kappa shape index (κ3) is 4.20. The summed E-state index contributed by atoms with van der Waals surface area (Å²) in [6, 6.07) is 1.18. The van der Waals surface area contributed by atoms with E-state index in [1.54, 1.807) is 0 Å². The second-order valence-electron chi connectivity index (χ2n) is 3.77. The Bertz CT molecular complexity index is 510. The number of halogens is 5. The van der Waals surface area contributed by atoms with Crippen LogP contribution in [-0.4, -0.2) is 35.9 Å². The Balaban J connectivity index is 3.31. The molecule has 1 rings (SSSR count). The molecule has 0 saturated heterocycles. The molecule has 0 aliphatic heterocycles. The van der Waals surface area contributed by atoms with Crippen molar-refractivity contribution in [2.75, 3.05) is 24.6 Å². The van der Waals surface area contributed by atoms with E-state index in [-0.39, 0.29) is 0 Å². The number of benzene rings is 1. The van der Waals surface area contributed by atoms with E-state index in [1.165, 1.54) is 0 Å². The van der Waals surface area contributed by atoms with E-state index in [9.17, 15) is 27.7 Å². The van der Waals surface area contributed by atoms with Gasteiger partial charge < -0.3 is 10.0 Å². The fraction of sp³-hybridized carbons (Fsp3) is 0.400. The highest BCUT2D eigenvalue weighted by Gasteiger charge is 2.33. The number of nitrogens with zero attached hydrogens (tertiary/aromatic N) is 2. The van der Waals surface area contributed by atoms with Gasteiger partial charge in [-0.1, -0.05) is 11.6 Å². The Hall–Kier alpha value is -1.61. The second kappa shape index (κ2) is 6.23. The Morgan fingerprint density at radius 3 is 2.45 bits per heavy atom. The first-order valence-corrected chi connectivity index (χ1v) is 5.59. The van der Waals surface area contributed by atoms with Crippen LogP contribution in [0.5, 0.6) is 0 Å². The molecule has 0 heterocycles. The first-order valence-electron chi connectivity index (χ1n) is 5.21. The number of hydrogen-bond acceptors (Lipinski definition) is 4. The Kier molecular flexibility index (Phi) is 5.12. The quantitative estimate of drug-likeness (QED) is 0.515. The molecule has 0 aliphatic rings. The minimum atomic E-state index is -4.65. The molecule has 0 spiro atoms. The SMILES string of the molecule is O=[N+]([O-])c1cc(F)c(Cl)cc1N(CCO)CC(F)(F)F. The minimum Gasteiger partial charge on any atom is -0.395 e. The third-order valence-corrected chi connectivity index (χ3v) is 2.58. The second-order valence-corrected chi connectivity index (χ2v) is 4.18. The third-order valence-electron chi connectivity index (χ3n) is 2.29. The zero-order chi connectivity index (χ0) is 15.5. The number of alkyl halides is 3. The van der Waals surface area contributed by atoms with Crippen LogP contribution in [0.3, 0.4) is 0 Å². The van der Waals surface area contributed by atoms with Crippen LogP contribution in [-0.2, 0) is 0 Å². The average Bonchev–Trinajstić information content (AvgIpc) is 2.29. The van der Waals surface area contributed by atoms with Gasteiger partial charge in [0.1, 0.15) is 18.0 Å². The minimum absolute atomic E-state index is 0.443. The molecule has 10 heteroatoms. The summed E-state index contributed by atoms with van der Waals surface area (Å²) in [5.74, 6) is -1.11. The van der Waals surface area contributed by atoms with Crippen molar-refractivity contribution in [1.82, 2.24) is 0 Å². The van der Waals surface area contributed by atoms with Crippen molar-refractivity contribution in [3.8, 4) is 0 Å². The number of anilines is 1. The molecule has 1 aromatic rings. The van der Waals surface area contributed by atoms with E-state index in [0.717, 1.165) is 6.07 Å². The number of nitro groups is 1. The molecule has 5 nitrogen and oxygen atoms in total. The summed E-state index contributed by atoms with van der Waals surface area (Å²) in [4.78, 5) is 10.3. The van der Waals surface area contributed by atoms with Crippen molar-refractivity contribution in [1.29, 1.82) is 0 Å². The molecule has 112 valence electrons. The molecule has 20 heavy (non-hydrogen) atoms. The highest BCUT2D eigenvalue weighted by Crippen LogP contribution is 2.34. The average molecular weight is 317 g/mol. The van der Waals surface area contributed by atoms with Crippen molar-refractivity contribution < 1.29 is 27.6 Å². The number of rotatable bonds is 5. The molecule has 0 fully saturated rings. The molecule has 0 aliphatic carbocycles. The summed E-state index contributed by atoms with van der Waals surface area (Å²) in [6.07, 6.45) is -4.65. The standard InChI is InChI=1S/C10H9ClF4N2O3/c11-6-3-8(9(17(19)20)4-7(6)12)16(1-2-18)5-10(13,14)15/h3-4,18H,1-2,5H2. The molecule has 0 atom stereocenters.